The van der Waals surface area contributed by atoms with E-state index in [-0.39, 0.29) is 12.5 Å². The first kappa shape index (κ1) is 16.1. The number of nitrogens with one attached hydrogen (secondary N) is 1. The lowest BCUT2D eigenvalue weighted by atomic mass is 10.2. The van der Waals surface area contributed by atoms with Crippen molar-refractivity contribution >= 4 is 50.7 Å². The number of rotatable bonds is 4. The topological polar surface area (TPSA) is 38.3 Å². The van der Waals surface area contributed by atoms with Crippen molar-refractivity contribution in [1.29, 1.82) is 0 Å². The summed E-state index contributed by atoms with van der Waals surface area (Å²) < 4.78 is 6.26. The van der Waals surface area contributed by atoms with Crippen molar-refractivity contribution in [2.75, 3.05) is 11.9 Å². The van der Waals surface area contributed by atoms with Gasteiger partial charge in [0.05, 0.1) is 20.2 Å². The highest BCUT2D eigenvalue weighted by molar-refractivity contribution is 9.10. The molecule has 2 aromatic rings. The first-order valence-electron chi connectivity index (χ1n) is 6.10. The zero-order chi connectivity index (χ0) is 15.4. The average molecular weight is 389 g/mol. The fraction of sp³-hybridized carbons (Fsp3) is 0.133. The van der Waals surface area contributed by atoms with Gasteiger partial charge in [-0.3, -0.25) is 4.79 Å². The lowest BCUT2D eigenvalue weighted by Crippen LogP contribution is -2.20. The number of hydrogen-bond acceptors (Lipinski definition) is 2. The smallest absolute Gasteiger partial charge is 0.262 e. The van der Waals surface area contributed by atoms with Gasteiger partial charge in [0.15, 0.2) is 6.61 Å². The van der Waals surface area contributed by atoms with Gasteiger partial charge in [-0.05, 0) is 52.7 Å². The van der Waals surface area contributed by atoms with Crippen LogP contribution in [0.3, 0.4) is 0 Å². The van der Waals surface area contributed by atoms with Crippen LogP contribution in [0.15, 0.2) is 40.9 Å². The van der Waals surface area contributed by atoms with Crippen LogP contribution in [0, 0.1) is 6.92 Å². The zero-order valence-electron chi connectivity index (χ0n) is 11.1. The summed E-state index contributed by atoms with van der Waals surface area (Å²) in [5.41, 5.74) is 1.56. The standard InChI is InChI=1S/C15H12BrCl2NO2/c1-9-5-6-13(10(16)7-9)21-8-14(20)19-12-4-2-3-11(17)15(12)18/h2-7H,8H2,1H3,(H,19,20). The summed E-state index contributed by atoms with van der Waals surface area (Å²) >= 11 is 15.3. The molecular formula is C15H12BrCl2NO2. The van der Waals surface area contributed by atoms with Gasteiger partial charge in [0.25, 0.3) is 5.91 Å². The van der Waals surface area contributed by atoms with Gasteiger partial charge >= 0.3 is 0 Å². The molecule has 1 amide bonds. The molecule has 0 aliphatic rings. The van der Waals surface area contributed by atoms with E-state index in [0.717, 1.165) is 10.0 Å². The minimum atomic E-state index is -0.313. The molecule has 1 N–H and O–H groups in total. The summed E-state index contributed by atoms with van der Waals surface area (Å²) in [4.78, 5) is 11.9. The quantitative estimate of drug-likeness (QED) is 0.792. The highest BCUT2D eigenvalue weighted by Gasteiger charge is 2.10. The number of ether oxygens (including phenoxy) is 1. The Kier molecular flexibility index (Phi) is 5.51. The second kappa shape index (κ2) is 7.16. The Bertz CT molecular complexity index is 677. The largest absolute Gasteiger partial charge is 0.483 e. The molecule has 0 bridgehead atoms. The second-order valence-corrected chi connectivity index (χ2v) is 6.01. The van der Waals surface area contributed by atoms with Crippen LogP contribution >= 0.6 is 39.1 Å². The van der Waals surface area contributed by atoms with Crippen LogP contribution in [0.2, 0.25) is 10.0 Å². The Labute approximate surface area is 141 Å². The van der Waals surface area contributed by atoms with Crippen molar-refractivity contribution < 1.29 is 9.53 Å². The van der Waals surface area contributed by atoms with Crippen molar-refractivity contribution in [3.8, 4) is 5.75 Å². The van der Waals surface area contributed by atoms with E-state index in [0.29, 0.717) is 21.5 Å². The van der Waals surface area contributed by atoms with Gasteiger partial charge in [-0.1, -0.05) is 35.3 Å². The van der Waals surface area contributed by atoms with E-state index in [1.165, 1.54) is 0 Å². The molecular weight excluding hydrogens is 377 g/mol. The number of carbonyl (C=O) groups is 1. The monoisotopic (exact) mass is 387 g/mol. The first-order valence-corrected chi connectivity index (χ1v) is 7.65. The molecule has 3 nitrogen and oxygen atoms in total. The minimum Gasteiger partial charge on any atom is -0.483 e. The predicted molar refractivity (Wildman–Crippen MR) is 89.5 cm³/mol. The molecule has 2 aromatic carbocycles. The molecule has 0 radical (unpaired) electrons. The summed E-state index contributed by atoms with van der Waals surface area (Å²) in [6.07, 6.45) is 0. The zero-order valence-corrected chi connectivity index (χ0v) is 14.2. The van der Waals surface area contributed by atoms with Gasteiger partial charge in [0.2, 0.25) is 0 Å². The Morgan fingerprint density at radius 3 is 2.76 bits per heavy atom. The normalized spacial score (nSPS) is 10.3. The van der Waals surface area contributed by atoms with Gasteiger partial charge in [-0.25, -0.2) is 0 Å². The van der Waals surface area contributed by atoms with Gasteiger partial charge in [0, 0.05) is 0 Å². The molecule has 0 aliphatic carbocycles. The molecule has 2 rings (SSSR count). The van der Waals surface area contributed by atoms with E-state index in [4.69, 9.17) is 27.9 Å². The van der Waals surface area contributed by atoms with Crippen LogP contribution in [0.1, 0.15) is 5.56 Å². The van der Waals surface area contributed by atoms with Crippen molar-refractivity contribution in [3.63, 3.8) is 0 Å². The van der Waals surface area contributed by atoms with Crippen molar-refractivity contribution in [2.24, 2.45) is 0 Å². The highest BCUT2D eigenvalue weighted by Crippen LogP contribution is 2.29. The lowest BCUT2D eigenvalue weighted by molar-refractivity contribution is -0.118. The fourth-order valence-corrected chi connectivity index (χ4v) is 2.61. The molecule has 0 aromatic heterocycles. The van der Waals surface area contributed by atoms with Crippen LogP contribution in [0.4, 0.5) is 5.69 Å². The van der Waals surface area contributed by atoms with Crippen LogP contribution in [-0.2, 0) is 4.79 Å². The number of benzene rings is 2. The number of halogens is 3. The number of hydrogen-bond donors (Lipinski definition) is 1. The molecule has 0 heterocycles. The van der Waals surface area contributed by atoms with E-state index in [1.54, 1.807) is 24.3 Å². The summed E-state index contributed by atoms with van der Waals surface area (Å²) in [5.74, 6) is 0.291. The molecule has 0 saturated heterocycles. The van der Waals surface area contributed by atoms with Crippen LogP contribution in [0.5, 0.6) is 5.75 Å². The van der Waals surface area contributed by atoms with Crippen molar-refractivity contribution in [1.82, 2.24) is 0 Å². The van der Waals surface area contributed by atoms with E-state index >= 15 is 0 Å². The molecule has 0 saturated carbocycles. The maximum Gasteiger partial charge on any atom is 0.262 e. The number of aryl methyl sites for hydroxylation is 1. The Balaban J connectivity index is 1.97. The molecule has 0 fully saturated rings. The summed E-state index contributed by atoms with van der Waals surface area (Å²) in [6, 6.07) is 10.7. The minimum absolute atomic E-state index is 0.121. The van der Waals surface area contributed by atoms with Crippen molar-refractivity contribution in [3.05, 3.63) is 56.5 Å². The van der Waals surface area contributed by atoms with Crippen LogP contribution in [-0.4, -0.2) is 12.5 Å². The number of carbonyl (C=O) groups excluding carboxylic acids is 1. The SMILES string of the molecule is Cc1ccc(OCC(=O)Nc2cccc(Cl)c2Cl)c(Br)c1. The Hall–Kier alpha value is -1.23. The molecule has 6 heteroatoms. The van der Waals surface area contributed by atoms with E-state index in [9.17, 15) is 4.79 Å². The fourth-order valence-electron chi connectivity index (χ4n) is 1.65. The Morgan fingerprint density at radius 2 is 2.05 bits per heavy atom. The van der Waals surface area contributed by atoms with Crippen LogP contribution in [0.25, 0.3) is 0 Å². The molecule has 21 heavy (non-hydrogen) atoms. The molecule has 0 atom stereocenters. The van der Waals surface area contributed by atoms with Crippen molar-refractivity contribution in [2.45, 2.75) is 6.92 Å². The molecule has 0 spiro atoms. The van der Waals surface area contributed by atoms with E-state index < -0.39 is 0 Å². The predicted octanol–water partition coefficient (Wildman–Crippen LogP) is 5.08. The summed E-state index contributed by atoms with van der Waals surface area (Å²) in [7, 11) is 0. The summed E-state index contributed by atoms with van der Waals surface area (Å²) in [5, 5.41) is 3.35. The second-order valence-electron chi connectivity index (χ2n) is 4.37. The van der Waals surface area contributed by atoms with Gasteiger partial charge in [0.1, 0.15) is 5.75 Å². The molecule has 0 unspecified atom stereocenters. The third kappa shape index (κ3) is 4.37. The van der Waals surface area contributed by atoms with Gasteiger partial charge < -0.3 is 10.1 Å². The highest BCUT2D eigenvalue weighted by atomic mass is 79.9. The molecule has 110 valence electrons. The third-order valence-electron chi connectivity index (χ3n) is 2.67. The lowest BCUT2D eigenvalue weighted by Gasteiger charge is -2.10. The van der Waals surface area contributed by atoms with Crippen LogP contribution < -0.4 is 10.1 Å². The van der Waals surface area contributed by atoms with E-state index in [1.807, 2.05) is 19.1 Å². The van der Waals surface area contributed by atoms with Gasteiger partial charge in [-0.2, -0.15) is 0 Å². The average Bonchev–Trinajstić information content (AvgIpc) is 2.43. The molecule has 0 aliphatic heterocycles. The number of amides is 1. The first-order chi connectivity index (χ1) is 9.97. The van der Waals surface area contributed by atoms with Gasteiger partial charge in [-0.15, -0.1) is 0 Å². The number of anilines is 1. The maximum absolute atomic E-state index is 11.9. The third-order valence-corrected chi connectivity index (χ3v) is 4.11. The maximum atomic E-state index is 11.9. The van der Waals surface area contributed by atoms with E-state index in [2.05, 4.69) is 21.2 Å². The summed E-state index contributed by atoms with van der Waals surface area (Å²) in [6.45, 7) is 1.85. The Morgan fingerprint density at radius 1 is 1.29 bits per heavy atom.